The number of nitrogens with one attached hydrogen (secondary N) is 1. The van der Waals surface area contributed by atoms with E-state index in [0.717, 1.165) is 19.5 Å². The molecule has 1 aliphatic heterocycles. The highest BCUT2D eigenvalue weighted by molar-refractivity contribution is 7.90. The Labute approximate surface area is 96.5 Å². The smallest absolute Gasteiger partial charge is 0.227 e. The zero-order chi connectivity index (χ0) is 11.8. The molecule has 5 nitrogen and oxygen atoms in total. The van der Waals surface area contributed by atoms with E-state index in [-0.39, 0.29) is 6.04 Å². The molecule has 2 fully saturated rings. The van der Waals surface area contributed by atoms with Crippen molar-refractivity contribution in [2.45, 2.75) is 43.5 Å². The van der Waals surface area contributed by atoms with Gasteiger partial charge in [-0.25, -0.2) is 13.1 Å². The number of likely N-dealkylation sites (tertiary alicyclic amines) is 1. The van der Waals surface area contributed by atoms with E-state index < -0.39 is 15.3 Å². The average molecular weight is 243 g/mol. The number of hydrogen-bond donors (Lipinski definition) is 1. The van der Waals surface area contributed by atoms with Crippen molar-refractivity contribution < 1.29 is 8.42 Å². The molecule has 2 rings (SSSR count). The third-order valence-electron chi connectivity index (χ3n) is 3.26. The van der Waals surface area contributed by atoms with Crippen LogP contribution in [-0.4, -0.2) is 43.7 Å². The van der Waals surface area contributed by atoms with Crippen molar-refractivity contribution in [2.75, 3.05) is 13.1 Å². The van der Waals surface area contributed by atoms with Gasteiger partial charge in [-0.15, -0.1) is 0 Å². The minimum Gasteiger partial charge on any atom is -0.299 e. The molecule has 1 aliphatic carbocycles. The average Bonchev–Trinajstić information content (AvgIpc) is 2.99. The van der Waals surface area contributed by atoms with Crippen molar-refractivity contribution in [3.63, 3.8) is 0 Å². The number of nitriles is 1. The number of hydrogen-bond acceptors (Lipinski definition) is 4. The van der Waals surface area contributed by atoms with Crippen LogP contribution in [-0.2, 0) is 10.0 Å². The molecule has 0 bridgehead atoms. The molecule has 0 aromatic heterocycles. The Balaban J connectivity index is 1.89. The zero-order valence-corrected chi connectivity index (χ0v) is 10.2. The van der Waals surface area contributed by atoms with Gasteiger partial charge in [-0.05, 0) is 26.2 Å². The highest BCUT2D eigenvalue weighted by Crippen LogP contribution is 2.29. The van der Waals surface area contributed by atoms with Gasteiger partial charge in [-0.2, -0.15) is 5.26 Å². The number of rotatable bonds is 4. The summed E-state index contributed by atoms with van der Waals surface area (Å²) in [4.78, 5) is 2.34. The SMILES string of the molecule is CC(C#N)S(=O)(=O)NC1CCN(C2CC2)C1. The summed E-state index contributed by atoms with van der Waals surface area (Å²) < 4.78 is 25.9. The monoisotopic (exact) mass is 243 g/mol. The second-order valence-electron chi connectivity index (χ2n) is 4.65. The Kier molecular flexibility index (Phi) is 3.19. The van der Waals surface area contributed by atoms with Crippen molar-refractivity contribution in [1.82, 2.24) is 9.62 Å². The summed E-state index contributed by atoms with van der Waals surface area (Å²) in [6.45, 7) is 3.18. The lowest BCUT2D eigenvalue weighted by molar-refractivity contribution is 0.322. The minimum atomic E-state index is -3.46. The van der Waals surface area contributed by atoms with Gasteiger partial charge in [0.05, 0.1) is 6.07 Å². The second kappa shape index (κ2) is 4.32. The molecule has 0 radical (unpaired) electrons. The van der Waals surface area contributed by atoms with Crippen LogP contribution in [0.2, 0.25) is 0 Å². The molecule has 0 aromatic rings. The molecule has 90 valence electrons. The maximum absolute atomic E-state index is 11.7. The lowest BCUT2D eigenvalue weighted by Gasteiger charge is -2.16. The van der Waals surface area contributed by atoms with Crippen LogP contribution < -0.4 is 4.72 Å². The predicted octanol–water partition coefficient (Wildman–Crippen LogP) is 0.0546. The van der Waals surface area contributed by atoms with Crippen molar-refractivity contribution in [1.29, 1.82) is 5.26 Å². The van der Waals surface area contributed by atoms with E-state index in [0.29, 0.717) is 6.04 Å². The van der Waals surface area contributed by atoms with Crippen LogP contribution in [0.4, 0.5) is 0 Å². The zero-order valence-electron chi connectivity index (χ0n) is 9.39. The van der Waals surface area contributed by atoms with Crippen LogP contribution in [0.1, 0.15) is 26.2 Å². The molecular formula is C10H17N3O2S. The Morgan fingerprint density at radius 3 is 2.69 bits per heavy atom. The van der Waals surface area contributed by atoms with Gasteiger partial charge >= 0.3 is 0 Å². The summed E-state index contributed by atoms with van der Waals surface area (Å²) in [6.07, 6.45) is 3.34. The van der Waals surface area contributed by atoms with Crippen LogP contribution in [0.15, 0.2) is 0 Å². The molecule has 2 unspecified atom stereocenters. The summed E-state index contributed by atoms with van der Waals surface area (Å²) >= 11 is 0. The predicted molar refractivity (Wildman–Crippen MR) is 60.1 cm³/mol. The summed E-state index contributed by atoms with van der Waals surface area (Å²) in [7, 11) is -3.46. The molecule has 1 saturated heterocycles. The standard InChI is InChI=1S/C10H17N3O2S/c1-8(6-11)16(14,15)12-9-4-5-13(7-9)10-2-3-10/h8-10,12H,2-5,7H2,1H3. The lowest BCUT2D eigenvalue weighted by atomic mass is 10.3. The van der Waals surface area contributed by atoms with Gasteiger partial charge in [0.2, 0.25) is 10.0 Å². The summed E-state index contributed by atoms with van der Waals surface area (Å²) in [5.74, 6) is 0. The molecule has 16 heavy (non-hydrogen) atoms. The molecule has 0 amide bonds. The molecular weight excluding hydrogens is 226 g/mol. The van der Waals surface area contributed by atoms with E-state index in [2.05, 4.69) is 9.62 Å². The molecule has 0 spiro atoms. The largest absolute Gasteiger partial charge is 0.299 e. The van der Waals surface area contributed by atoms with E-state index in [9.17, 15) is 8.42 Å². The van der Waals surface area contributed by atoms with E-state index in [4.69, 9.17) is 5.26 Å². The lowest BCUT2D eigenvalue weighted by Crippen LogP contribution is -2.41. The Hall–Kier alpha value is -0.640. The number of sulfonamides is 1. The Morgan fingerprint density at radius 1 is 1.44 bits per heavy atom. The van der Waals surface area contributed by atoms with Gasteiger partial charge in [-0.3, -0.25) is 4.90 Å². The fraction of sp³-hybridized carbons (Fsp3) is 0.900. The Bertz CT molecular complexity index is 397. The van der Waals surface area contributed by atoms with E-state index >= 15 is 0 Å². The third-order valence-corrected chi connectivity index (χ3v) is 4.96. The molecule has 2 atom stereocenters. The van der Waals surface area contributed by atoms with E-state index in [1.807, 2.05) is 0 Å². The molecule has 0 aromatic carbocycles. The highest BCUT2D eigenvalue weighted by atomic mass is 32.2. The fourth-order valence-electron chi connectivity index (χ4n) is 2.06. The van der Waals surface area contributed by atoms with Gasteiger partial charge in [0.1, 0.15) is 0 Å². The van der Waals surface area contributed by atoms with Gasteiger partial charge < -0.3 is 0 Å². The van der Waals surface area contributed by atoms with Crippen molar-refractivity contribution in [3.05, 3.63) is 0 Å². The first-order chi connectivity index (χ1) is 7.53. The normalized spacial score (nSPS) is 28.9. The van der Waals surface area contributed by atoms with Crippen LogP contribution in [0, 0.1) is 11.3 Å². The summed E-state index contributed by atoms with van der Waals surface area (Å²) in [5, 5.41) is 7.65. The highest BCUT2D eigenvalue weighted by Gasteiger charge is 2.36. The van der Waals surface area contributed by atoms with Crippen molar-refractivity contribution >= 4 is 10.0 Å². The molecule has 6 heteroatoms. The molecule has 1 N–H and O–H groups in total. The summed E-state index contributed by atoms with van der Waals surface area (Å²) in [5.41, 5.74) is 0. The van der Waals surface area contributed by atoms with Gasteiger partial charge in [0, 0.05) is 25.2 Å². The van der Waals surface area contributed by atoms with Crippen molar-refractivity contribution in [2.24, 2.45) is 0 Å². The maximum Gasteiger partial charge on any atom is 0.227 e. The first-order valence-electron chi connectivity index (χ1n) is 5.68. The first kappa shape index (κ1) is 11.8. The third kappa shape index (κ3) is 2.54. The van der Waals surface area contributed by atoms with Crippen LogP contribution in [0.25, 0.3) is 0 Å². The quantitative estimate of drug-likeness (QED) is 0.757. The van der Waals surface area contributed by atoms with Crippen LogP contribution in [0.3, 0.4) is 0 Å². The Morgan fingerprint density at radius 2 is 2.12 bits per heavy atom. The molecule has 1 heterocycles. The van der Waals surface area contributed by atoms with Crippen molar-refractivity contribution in [3.8, 4) is 6.07 Å². The topological polar surface area (TPSA) is 73.2 Å². The summed E-state index contributed by atoms with van der Waals surface area (Å²) in [6, 6.07) is 2.43. The molecule has 2 aliphatic rings. The molecule has 1 saturated carbocycles. The fourth-order valence-corrected chi connectivity index (χ4v) is 3.06. The van der Waals surface area contributed by atoms with Crippen LogP contribution in [0.5, 0.6) is 0 Å². The van der Waals surface area contributed by atoms with Gasteiger partial charge in [0.25, 0.3) is 0 Å². The van der Waals surface area contributed by atoms with E-state index in [1.165, 1.54) is 19.8 Å². The number of nitrogens with zero attached hydrogens (tertiary/aromatic N) is 2. The minimum absolute atomic E-state index is 0.0126. The maximum atomic E-state index is 11.7. The van der Waals surface area contributed by atoms with E-state index in [1.54, 1.807) is 6.07 Å². The van der Waals surface area contributed by atoms with Gasteiger partial charge in [0.15, 0.2) is 5.25 Å². The van der Waals surface area contributed by atoms with Gasteiger partial charge in [-0.1, -0.05) is 0 Å². The first-order valence-corrected chi connectivity index (χ1v) is 7.22. The second-order valence-corrected chi connectivity index (χ2v) is 6.68. The van der Waals surface area contributed by atoms with Crippen LogP contribution >= 0.6 is 0 Å².